The highest BCUT2D eigenvalue weighted by Gasteiger charge is 2.22. The molecule has 3 aromatic rings. The number of nitrogens with zero attached hydrogens (tertiary/aromatic N) is 3. The van der Waals surface area contributed by atoms with Crippen molar-refractivity contribution in [2.75, 3.05) is 23.1 Å². The van der Waals surface area contributed by atoms with Gasteiger partial charge >= 0.3 is 0 Å². The summed E-state index contributed by atoms with van der Waals surface area (Å²) in [7, 11) is 1.59. The lowest BCUT2D eigenvalue weighted by Crippen LogP contribution is -2.07. The Morgan fingerprint density at radius 3 is 2.73 bits per heavy atom. The Bertz CT molecular complexity index is 1190. The number of hydrogen-bond donors (Lipinski definition) is 3. The molecule has 0 saturated heterocycles. The Morgan fingerprint density at radius 2 is 2.00 bits per heavy atom. The van der Waals surface area contributed by atoms with Crippen LogP contribution in [0.15, 0.2) is 49.2 Å². The second-order valence-electron chi connectivity index (χ2n) is 8.19. The minimum Gasteiger partial charge on any atom is -0.481 e. The molecule has 0 amide bonds. The second kappa shape index (κ2) is 9.68. The van der Waals surface area contributed by atoms with E-state index in [0.29, 0.717) is 23.7 Å². The average molecular weight is 445 g/mol. The Labute approximate surface area is 193 Å². The van der Waals surface area contributed by atoms with Crippen LogP contribution >= 0.6 is 0 Å². The van der Waals surface area contributed by atoms with Crippen molar-refractivity contribution in [2.24, 2.45) is 0 Å². The number of nitrogens with one attached hydrogen (secondary N) is 3. The van der Waals surface area contributed by atoms with Crippen LogP contribution < -0.4 is 20.7 Å². The van der Waals surface area contributed by atoms with Gasteiger partial charge < -0.3 is 20.7 Å². The molecule has 4 rings (SSSR count). The van der Waals surface area contributed by atoms with Crippen molar-refractivity contribution in [3.05, 3.63) is 65.9 Å². The molecular formula is C25H28N6O2. The Kier molecular flexibility index (Phi) is 6.53. The number of rotatable bonds is 10. The zero-order valence-electron chi connectivity index (χ0n) is 19.1. The summed E-state index contributed by atoms with van der Waals surface area (Å²) in [5, 5.41) is 9.99. The highest BCUT2D eigenvalue weighted by molar-refractivity contribution is 5.92. The fourth-order valence-corrected chi connectivity index (χ4v) is 3.33. The van der Waals surface area contributed by atoms with E-state index in [1.54, 1.807) is 19.4 Å². The molecule has 170 valence electrons. The molecule has 33 heavy (non-hydrogen) atoms. The standard InChI is InChI=1S/C25H28N6O2/c1-5-20(32)11-17-10-15(2)6-9-21(17)29-24-16(3)14-26-25(31-24)28-19-12-22(27-18-7-8-18)30-23(13-19)33-4/h5-6,9-10,12-14,18H,1,7-8,11H2,2-4H3,(H3,26,27,28,29,30,31). The summed E-state index contributed by atoms with van der Waals surface area (Å²) in [6, 6.07) is 10.1. The van der Waals surface area contributed by atoms with Crippen LogP contribution in [-0.4, -0.2) is 33.9 Å². The number of carbonyl (C=O) groups is 1. The fourth-order valence-electron chi connectivity index (χ4n) is 3.33. The predicted octanol–water partition coefficient (Wildman–Crippen LogP) is 4.86. The number of hydrogen-bond acceptors (Lipinski definition) is 8. The predicted molar refractivity (Wildman–Crippen MR) is 131 cm³/mol. The van der Waals surface area contributed by atoms with Gasteiger partial charge in [0.15, 0.2) is 5.78 Å². The third-order valence-electron chi connectivity index (χ3n) is 5.27. The van der Waals surface area contributed by atoms with Gasteiger partial charge in [-0.3, -0.25) is 4.79 Å². The van der Waals surface area contributed by atoms with Gasteiger partial charge in [0.05, 0.1) is 7.11 Å². The first-order valence-electron chi connectivity index (χ1n) is 10.9. The van der Waals surface area contributed by atoms with Gasteiger partial charge in [-0.1, -0.05) is 24.3 Å². The molecule has 0 atom stereocenters. The van der Waals surface area contributed by atoms with Gasteiger partial charge in [-0.05, 0) is 44.4 Å². The van der Waals surface area contributed by atoms with Crippen LogP contribution in [0, 0.1) is 13.8 Å². The number of aryl methyl sites for hydroxylation is 2. The smallest absolute Gasteiger partial charge is 0.229 e. The van der Waals surface area contributed by atoms with E-state index < -0.39 is 0 Å². The molecule has 1 fully saturated rings. The third-order valence-corrected chi connectivity index (χ3v) is 5.27. The molecule has 0 unspecified atom stereocenters. The van der Waals surface area contributed by atoms with Gasteiger partial charge in [0, 0.05) is 47.7 Å². The molecule has 2 aromatic heterocycles. The molecule has 1 aliphatic rings. The van der Waals surface area contributed by atoms with Gasteiger partial charge in [-0.15, -0.1) is 0 Å². The molecule has 0 radical (unpaired) electrons. The average Bonchev–Trinajstić information content (AvgIpc) is 3.61. The molecule has 8 nitrogen and oxygen atoms in total. The number of benzene rings is 1. The minimum absolute atomic E-state index is 0.0346. The fraction of sp³-hybridized carbons (Fsp3) is 0.280. The highest BCUT2D eigenvalue weighted by Crippen LogP contribution is 2.29. The van der Waals surface area contributed by atoms with E-state index in [4.69, 9.17) is 4.74 Å². The van der Waals surface area contributed by atoms with Gasteiger partial charge in [0.1, 0.15) is 11.6 Å². The summed E-state index contributed by atoms with van der Waals surface area (Å²) in [5.41, 5.74) is 4.45. The Morgan fingerprint density at radius 1 is 1.18 bits per heavy atom. The zero-order valence-corrected chi connectivity index (χ0v) is 19.1. The van der Waals surface area contributed by atoms with Gasteiger partial charge in [-0.25, -0.2) is 4.98 Å². The summed E-state index contributed by atoms with van der Waals surface area (Å²) in [6.07, 6.45) is 5.67. The molecule has 8 heteroatoms. The maximum atomic E-state index is 12.0. The van der Waals surface area contributed by atoms with E-state index in [2.05, 4.69) is 37.5 Å². The maximum Gasteiger partial charge on any atom is 0.229 e. The molecule has 0 bridgehead atoms. The summed E-state index contributed by atoms with van der Waals surface area (Å²) in [4.78, 5) is 25.5. The number of aromatic nitrogens is 3. The number of pyridine rings is 1. The first kappa shape index (κ1) is 22.3. The number of allylic oxidation sites excluding steroid dienone is 1. The lowest BCUT2D eigenvalue weighted by Gasteiger charge is -2.15. The minimum atomic E-state index is -0.0346. The normalized spacial score (nSPS) is 12.7. The van der Waals surface area contributed by atoms with Crippen LogP contribution in [0.1, 0.15) is 29.5 Å². The molecule has 1 aromatic carbocycles. The Hall–Kier alpha value is -3.94. The van der Waals surface area contributed by atoms with E-state index in [-0.39, 0.29) is 12.2 Å². The molecule has 0 spiro atoms. The highest BCUT2D eigenvalue weighted by atomic mass is 16.5. The largest absolute Gasteiger partial charge is 0.481 e. The summed E-state index contributed by atoms with van der Waals surface area (Å²) in [5.74, 6) is 2.31. The molecule has 3 N–H and O–H groups in total. The molecule has 1 saturated carbocycles. The number of carbonyl (C=O) groups excluding carboxylic acids is 1. The Balaban J connectivity index is 1.58. The van der Waals surface area contributed by atoms with Crippen LogP contribution in [0.25, 0.3) is 0 Å². The van der Waals surface area contributed by atoms with Gasteiger partial charge in [-0.2, -0.15) is 9.97 Å². The number of ether oxygens (including phenoxy) is 1. The van der Waals surface area contributed by atoms with Crippen molar-refractivity contribution in [1.82, 2.24) is 15.0 Å². The maximum absolute atomic E-state index is 12.0. The summed E-state index contributed by atoms with van der Waals surface area (Å²) < 4.78 is 5.34. The summed E-state index contributed by atoms with van der Waals surface area (Å²) >= 11 is 0. The second-order valence-corrected chi connectivity index (χ2v) is 8.19. The number of ketones is 1. The first-order valence-corrected chi connectivity index (χ1v) is 10.9. The first-order chi connectivity index (χ1) is 15.9. The lowest BCUT2D eigenvalue weighted by molar-refractivity contribution is -0.114. The van der Waals surface area contributed by atoms with Crippen molar-refractivity contribution in [3.8, 4) is 5.88 Å². The van der Waals surface area contributed by atoms with Crippen molar-refractivity contribution in [1.29, 1.82) is 0 Å². The molecule has 0 aliphatic heterocycles. The van der Waals surface area contributed by atoms with E-state index >= 15 is 0 Å². The lowest BCUT2D eigenvalue weighted by atomic mass is 10.0. The zero-order chi connectivity index (χ0) is 23.4. The topological polar surface area (TPSA) is 101 Å². The van der Waals surface area contributed by atoms with E-state index in [9.17, 15) is 4.79 Å². The monoisotopic (exact) mass is 444 g/mol. The van der Waals surface area contributed by atoms with Crippen LogP contribution in [0.3, 0.4) is 0 Å². The van der Waals surface area contributed by atoms with Crippen molar-refractivity contribution >= 4 is 34.7 Å². The van der Waals surface area contributed by atoms with E-state index in [1.165, 1.54) is 6.08 Å². The van der Waals surface area contributed by atoms with Crippen LogP contribution in [0.4, 0.5) is 29.0 Å². The quantitative estimate of drug-likeness (QED) is 0.381. The molecule has 2 heterocycles. The number of anilines is 5. The van der Waals surface area contributed by atoms with E-state index in [1.807, 2.05) is 38.1 Å². The van der Waals surface area contributed by atoms with Crippen molar-refractivity contribution < 1.29 is 9.53 Å². The van der Waals surface area contributed by atoms with E-state index in [0.717, 1.165) is 46.7 Å². The molecular weight excluding hydrogens is 416 g/mol. The van der Waals surface area contributed by atoms with Gasteiger partial charge in [0.2, 0.25) is 11.8 Å². The summed E-state index contributed by atoms with van der Waals surface area (Å²) in [6.45, 7) is 7.51. The number of methoxy groups -OCH3 is 1. The third kappa shape index (κ3) is 5.85. The van der Waals surface area contributed by atoms with Gasteiger partial charge in [0.25, 0.3) is 0 Å². The van der Waals surface area contributed by atoms with Crippen molar-refractivity contribution in [3.63, 3.8) is 0 Å². The molecule has 1 aliphatic carbocycles. The van der Waals surface area contributed by atoms with Crippen LogP contribution in [0.5, 0.6) is 5.88 Å². The van der Waals surface area contributed by atoms with Crippen molar-refractivity contribution in [2.45, 2.75) is 39.2 Å². The SMILES string of the molecule is C=CC(=O)Cc1cc(C)ccc1Nc1nc(Nc2cc(NC3CC3)nc(OC)c2)ncc1C. The van der Waals surface area contributed by atoms with Crippen LogP contribution in [-0.2, 0) is 11.2 Å². The van der Waals surface area contributed by atoms with Crippen LogP contribution in [0.2, 0.25) is 0 Å².